The Morgan fingerprint density at radius 3 is 2.36 bits per heavy atom. The van der Waals surface area contributed by atoms with Crippen LogP contribution in [0.3, 0.4) is 0 Å². The van der Waals surface area contributed by atoms with Crippen molar-refractivity contribution in [1.82, 2.24) is 0 Å². The molecule has 0 heterocycles. The minimum atomic E-state index is -0.217. The van der Waals surface area contributed by atoms with Gasteiger partial charge in [-0.3, -0.25) is 0 Å². The van der Waals surface area contributed by atoms with Crippen molar-refractivity contribution < 1.29 is 5.11 Å². The third kappa shape index (κ3) is 2.85. The fourth-order valence-corrected chi connectivity index (χ4v) is 2.02. The van der Waals surface area contributed by atoms with Crippen molar-refractivity contribution in [3.05, 3.63) is 34.9 Å². The second kappa shape index (κ2) is 4.61. The van der Waals surface area contributed by atoms with E-state index in [-0.39, 0.29) is 6.10 Å². The van der Waals surface area contributed by atoms with Crippen LogP contribution in [0.2, 0.25) is 0 Å². The molecule has 2 unspecified atom stereocenters. The minimum Gasteiger partial charge on any atom is -0.393 e. The molecule has 0 aliphatic rings. The number of benzene rings is 1. The van der Waals surface area contributed by atoms with Crippen molar-refractivity contribution in [3.8, 4) is 0 Å². The van der Waals surface area contributed by atoms with Gasteiger partial charge in [-0.05, 0) is 44.2 Å². The van der Waals surface area contributed by atoms with Gasteiger partial charge >= 0.3 is 0 Å². The van der Waals surface area contributed by atoms with Crippen LogP contribution in [0.4, 0.5) is 0 Å². The van der Waals surface area contributed by atoms with Crippen LogP contribution in [0.5, 0.6) is 0 Å². The largest absolute Gasteiger partial charge is 0.393 e. The molecule has 1 aromatic rings. The first kappa shape index (κ1) is 11.3. The van der Waals surface area contributed by atoms with E-state index in [1.54, 1.807) is 0 Å². The summed E-state index contributed by atoms with van der Waals surface area (Å²) in [5, 5.41) is 9.33. The molecule has 0 aliphatic heterocycles. The third-order valence-corrected chi connectivity index (χ3v) is 2.65. The second-order valence-electron chi connectivity index (χ2n) is 4.35. The van der Waals surface area contributed by atoms with Gasteiger partial charge in [-0.25, -0.2) is 0 Å². The van der Waals surface area contributed by atoms with Crippen molar-refractivity contribution in [2.24, 2.45) is 0 Å². The Labute approximate surface area is 86.8 Å². The van der Waals surface area contributed by atoms with E-state index in [1.165, 1.54) is 16.7 Å². The molecule has 1 rings (SSSR count). The molecule has 0 aliphatic carbocycles. The van der Waals surface area contributed by atoms with Gasteiger partial charge in [0.1, 0.15) is 0 Å². The second-order valence-corrected chi connectivity index (χ2v) is 4.35. The fraction of sp³-hybridized carbons (Fsp3) is 0.538. The topological polar surface area (TPSA) is 20.2 Å². The van der Waals surface area contributed by atoms with E-state index < -0.39 is 0 Å². The Balaban J connectivity index is 2.84. The molecule has 0 aromatic heterocycles. The molecular weight excluding hydrogens is 172 g/mol. The molecule has 1 nitrogen and oxygen atoms in total. The highest BCUT2D eigenvalue weighted by Gasteiger charge is 2.10. The van der Waals surface area contributed by atoms with Crippen molar-refractivity contribution >= 4 is 0 Å². The fourth-order valence-electron chi connectivity index (χ4n) is 2.02. The molecule has 1 aromatic carbocycles. The van der Waals surface area contributed by atoms with E-state index in [0.29, 0.717) is 5.92 Å². The minimum absolute atomic E-state index is 0.217. The predicted molar refractivity (Wildman–Crippen MR) is 60.6 cm³/mol. The zero-order valence-electron chi connectivity index (χ0n) is 9.54. The van der Waals surface area contributed by atoms with Gasteiger partial charge in [0.05, 0.1) is 6.10 Å². The SMILES string of the molecule is Cc1ccc(C(C)CC(C)O)c(C)c1. The van der Waals surface area contributed by atoms with Gasteiger partial charge in [-0.15, -0.1) is 0 Å². The van der Waals surface area contributed by atoms with Gasteiger partial charge in [0.2, 0.25) is 0 Å². The number of aryl methyl sites for hydroxylation is 2. The molecule has 1 heteroatoms. The van der Waals surface area contributed by atoms with Gasteiger partial charge in [-0.2, -0.15) is 0 Å². The van der Waals surface area contributed by atoms with E-state index in [0.717, 1.165) is 6.42 Å². The van der Waals surface area contributed by atoms with Gasteiger partial charge in [-0.1, -0.05) is 30.7 Å². The first-order chi connectivity index (χ1) is 6.50. The molecule has 78 valence electrons. The summed E-state index contributed by atoms with van der Waals surface area (Å²) in [6.07, 6.45) is 0.620. The summed E-state index contributed by atoms with van der Waals surface area (Å²) in [5.74, 6) is 0.440. The predicted octanol–water partition coefficient (Wildman–Crippen LogP) is 3.18. The smallest absolute Gasteiger partial charge is 0.0517 e. The van der Waals surface area contributed by atoms with E-state index in [2.05, 4.69) is 39.0 Å². The van der Waals surface area contributed by atoms with E-state index in [9.17, 15) is 5.11 Å². The van der Waals surface area contributed by atoms with Crippen LogP contribution in [-0.2, 0) is 0 Å². The van der Waals surface area contributed by atoms with E-state index in [4.69, 9.17) is 0 Å². The lowest BCUT2D eigenvalue weighted by molar-refractivity contribution is 0.176. The van der Waals surface area contributed by atoms with Crippen LogP contribution in [0, 0.1) is 13.8 Å². The normalized spacial score (nSPS) is 15.2. The number of hydrogen-bond donors (Lipinski definition) is 1. The maximum Gasteiger partial charge on any atom is 0.0517 e. The van der Waals surface area contributed by atoms with Gasteiger partial charge < -0.3 is 5.11 Å². The molecule has 2 atom stereocenters. The molecule has 0 fully saturated rings. The van der Waals surface area contributed by atoms with Crippen LogP contribution in [0.15, 0.2) is 18.2 Å². The number of aliphatic hydroxyl groups is 1. The molecule has 0 amide bonds. The number of rotatable bonds is 3. The monoisotopic (exact) mass is 192 g/mol. The van der Waals surface area contributed by atoms with Crippen LogP contribution in [0.25, 0.3) is 0 Å². The Hall–Kier alpha value is -0.820. The van der Waals surface area contributed by atoms with E-state index in [1.807, 2.05) is 6.92 Å². The van der Waals surface area contributed by atoms with Crippen molar-refractivity contribution in [3.63, 3.8) is 0 Å². The molecule has 0 bridgehead atoms. The summed E-state index contributed by atoms with van der Waals surface area (Å²) in [6.45, 7) is 8.27. The molecule has 0 radical (unpaired) electrons. The summed E-state index contributed by atoms with van der Waals surface area (Å²) in [7, 11) is 0. The summed E-state index contributed by atoms with van der Waals surface area (Å²) < 4.78 is 0. The molecule has 0 spiro atoms. The van der Waals surface area contributed by atoms with Gasteiger partial charge in [0, 0.05) is 0 Å². The molecule has 1 N–H and O–H groups in total. The zero-order chi connectivity index (χ0) is 10.7. The number of hydrogen-bond acceptors (Lipinski definition) is 1. The highest BCUT2D eigenvalue weighted by atomic mass is 16.3. The average Bonchev–Trinajstić information content (AvgIpc) is 2.01. The molecule has 0 saturated carbocycles. The Morgan fingerprint density at radius 2 is 1.86 bits per heavy atom. The van der Waals surface area contributed by atoms with Crippen molar-refractivity contribution in [2.75, 3.05) is 0 Å². The first-order valence-corrected chi connectivity index (χ1v) is 5.26. The summed E-state index contributed by atoms with van der Waals surface area (Å²) in [5.41, 5.74) is 3.99. The van der Waals surface area contributed by atoms with Crippen molar-refractivity contribution in [1.29, 1.82) is 0 Å². The third-order valence-electron chi connectivity index (χ3n) is 2.65. The maximum atomic E-state index is 9.33. The van der Waals surface area contributed by atoms with Crippen LogP contribution in [-0.4, -0.2) is 11.2 Å². The lowest BCUT2D eigenvalue weighted by atomic mass is 9.91. The summed E-state index contributed by atoms with van der Waals surface area (Å²) in [4.78, 5) is 0. The van der Waals surface area contributed by atoms with Crippen LogP contribution < -0.4 is 0 Å². The Morgan fingerprint density at radius 1 is 1.21 bits per heavy atom. The standard InChI is InChI=1S/C13H20O/c1-9-5-6-13(10(2)7-9)11(3)8-12(4)14/h5-7,11-12,14H,8H2,1-4H3. The lowest BCUT2D eigenvalue weighted by Crippen LogP contribution is -2.07. The molecule has 14 heavy (non-hydrogen) atoms. The quantitative estimate of drug-likeness (QED) is 0.780. The summed E-state index contributed by atoms with van der Waals surface area (Å²) in [6, 6.07) is 6.52. The molecule has 0 saturated heterocycles. The van der Waals surface area contributed by atoms with E-state index >= 15 is 0 Å². The summed E-state index contributed by atoms with van der Waals surface area (Å²) >= 11 is 0. The zero-order valence-corrected chi connectivity index (χ0v) is 9.54. The maximum absolute atomic E-state index is 9.33. The highest BCUT2D eigenvalue weighted by molar-refractivity contribution is 5.32. The van der Waals surface area contributed by atoms with Gasteiger partial charge in [0.15, 0.2) is 0 Å². The average molecular weight is 192 g/mol. The lowest BCUT2D eigenvalue weighted by Gasteiger charge is -2.16. The number of aliphatic hydroxyl groups excluding tert-OH is 1. The first-order valence-electron chi connectivity index (χ1n) is 5.26. The Bertz CT molecular complexity index is 302. The molecular formula is C13H20O. The van der Waals surface area contributed by atoms with Crippen molar-refractivity contribution in [2.45, 2.75) is 46.1 Å². The highest BCUT2D eigenvalue weighted by Crippen LogP contribution is 2.24. The van der Waals surface area contributed by atoms with Crippen LogP contribution in [0.1, 0.15) is 42.9 Å². The van der Waals surface area contributed by atoms with Gasteiger partial charge in [0.25, 0.3) is 0 Å². The van der Waals surface area contributed by atoms with Crippen LogP contribution >= 0.6 is 0 Å². The Kier molecular flexibility index (Phi) is 3.70.